The number of benzene rings is 2. The summed E-state index contributed by atoms with van der Waals surface area (Å²) in [5.74, 6) is -0.693. The van der Waals surface area contributed by atoms with Crippen LogP contribution in [0.1, 0.15) is 50.8 Å². The van der Waals surface area contributed by atoms with Crippen LogP contribution >= 0.6 is 0 Å². The second-order valence-electron chi connectivity index (χ2n) is 9.13. The van der Waals surface area contributed by atoms with E-state index in [0.717, 1.165) is 23.1 Å². The van der Waals surface area contributed by atoms with E-state index in [1.807, 2.05) is 24.6 Å². The van der Waals surface area contributed by atoms with Gasteiger partial charge in [-0.05, 0) is 60.6 Å². The summed E-state index contributed by atoms with van der Waals surface area (Å²) in [4.78, 5) is 0. The van der Waals surface area contributed by atoms with Gasteiger partial charge in [0, 0.05) is 29.7 Å². The van der Waals surface area contributed by atoms with E-state index in [4.69, 9.17) is 0 Å². The fourth-order valence-corrected chi connectivity index (χ4v) is 5.73. The maximum Gasteiger partial charge on any atom is 0.417 e. The van der Waals surface area contributed by atoms with Crippen molar-refractivity contribution >= 4 is 20.9 Å². The lowest BCUT2D eigenvalue weighted by Gasteiger charge is -2.15. The number of hydrogen-bond acceptors (Lipinski definition) is 2. The van der Waals surface area contributed by atoms with Crippen molar-refractivity contribution in [2.75, 3.05) is 0 Å². The number of nitrogens with zero attached hydrogens (tertiary/aromatic N) is 1. The molecular weight excluding hydrogens is 456 g/mol. The van der Waals surface area contributed by atoms with Crippen LogP contribution in [0.5, 0.6) is 0 Å². The highest BCUT2D eigenvalue weighted by Gasteiger charge is 2.37. The lowest BCUT2D eigenvalue weighted by molar-refractivity contribution is -0.137. The third kappa shape index (κ3) is 4.94. The maximum absolute atomic E-state index is 13.6. The molecule has 1 aliphatic carbocycles. The van der Waals surface area contributed by atoms with Crippen LogP contribution in [0.15, 0.2) is 42.6 Å². The molecule has 1 aromatic heterocycles. The van der Waals surface area contributed by atoms with Crippen molar-refractivity contribution in [3.63, 3.8) is 0 Å². The monoisotopic (exact) mass is 482 g/mol. The molecule has 0 aliphatic heterocycles. The zero-order valence-electron chi connectivity index (χ0n) is 18.6. The van der Waals surface area contributed by atoms with Crippen molar-refractivity contribution in [2.24, 2.45) is 5.92 Å². The fourth-order valence-electron chi connectivity index (χ4n) is 4.16. The Morgan fingerprint density at radius 2 is 1.79 bits per heavy atom. The summed E-state index contributed by atoms with van der Waals surface area (Å²) < 4.78 is 83.9. The predicted molar refractivity (Wildman–Crippen MR) is 121 cm³/mol. The Kier molecular flexibility index (Phi) is 6.07. The number of aromatic nitrogens is 1. The number of rotatable bonds is 7. The molecule has 0 spiro atoms. The Bertz CT molecular complexity index is 1290. The van der Waals surface area contributed by atoms with Gasteiger partial charge in [-0.15, -0.1) is 0 Å². The van der Waals surface area contributed by atoms with Gasteiger partial charge in [0.15, 0.2) is 0 Å². The Morgan fingerprint density at radius 3 is 2.39 bits per heavy atom. The Hall–Kier alpha value is -2.39. The molecule has 0 saturated heterocycles. The zero-order valence-corrected chi connectivity index (χ0v) is 19.4. The summed E-state index contributed by atoms with van der Waals surface area (Å²) in [6.07, 6.45) is -1.53. The van der Waals surface area contributed by atoms with E-state index < -0.39 is 33.6 Å². The van der Waals surface area contributed by atoms with Crippen molar-refractivity contribution in [1.29, 1.82) is 0 Å². The quantitative estimate of drug-likeness (QED) is 0.404. The van der Waals surface area contributed by atoms with Crippen molar-refractivity contribution in [3.05, 3.63) is 59.5 Å². The smallest absolute Gasteiger partial charge is 0.347 e. The first-order chi connectivity index (χ1) is 15.4. The first kappa shape index (κ1) is 23.8. The summed E-state index contributed by atoms with van der Waals surface area (Å²) in [5, 5.41) is 0.413. The third-order valence-corrected chi connectivity index (χ3v) is 7.87. The number of fused-ring (bicyclic) bond motifs is 1. The third-order valence-electron chi connectivity index (χ3n) is 5.84. The predicted octanol–water partition coefficient (Wildman–Crippen LogP) is 6.27. The van der Waals surface area contributed by atoms with Crippen molar-refractivity contribution in [1.82, 2.24) is 9.29 Å². The van der Waals surface area contributed by atoms with Gasteiger partial charge in [0.25, 0.3) is 0 Å². The van der Waals surface area contributed by atoms with E-state index in [0.29, 0.717) is 36.5 Å². The van der Waals surface area contributed by atoms with Crippen molar-refractivity contribution < 1.29 is 26.0 Å². The molecule has 3 aromatic rings. The van der Waals surface area contributed by atoms with Crippen LogP contribution in [-0.4, -0.2) is 18.2 Å². The Balaban J connectivity index is 1.82. The summed E-state index contributed by atoms with van der Waals surface area (Å²) in [7, 11) is -3.41. The molecule has 2 aromatic carbocycles. The molecule has 1 atom stereocenters. The molecule has 1 fully saturated rings. The average molecular weight is 483 g/mol. The Morgan fingerprint density at radius 1 is 1.09 bits per heavy atom. The van der Waals surface area contributed by atoms with Gasteiger partial charge in [-0.3, -0.25) is 0 Å². The molecule has 0 unspecified atom stereocenters. The molecule has 178 valence electrons. The van der Waals surface area contributed by atoms with Gasteiger partial charge in [0.1, 0.15) is 5.82 Å². The van der Waals surface area contributed by atoms with Gasteiger partial charge in [-0.2, -0.15) is 13.2 Å². The van der Waals surface area contributed by atoms with Gasteiger partial charge < -0.3 is 4.57 Å². The minimum atomic E-state index is -4.70. The number of hydrogen-bond donors (Lipinski definition) is 1. The molecule has 1 saturated carbocycles. The highest BCUT2D eigenvalue weighted by molar-refractivity contribution is 7.90. The normalized spacial score (nSPS) is 16.0. The molecule has 0 amide bonds. The zero-order chi connectivity index (χ0) is 24.1. The summed E-state index contributed by atoms with van der Waals surface area (Å²) in [6.45, 7) is 6.42. The van der Waals surface area contributed by atoms with Crippen LogP contribution in [-0.2, 0) is 22.7 Å². The summed E-state index contributed by atoms with van der Waals surface area (Å²) >= 11 is 0. The molecule has 0 bridgehead atoms. The molecule has 1 aliphatic rings. The minimum Gasteiger partial charge on any atom is -0.347 e. The standard InChI is InChI=1S/C24H26F4N2O2S/c1-14(2)12-30-13-21(15(3)29-33(31,32)18-6-7-18)20-8-4-16(10-23(20)30)19-9-5-17(25)11-22(19)24(26,27)28/h4-5,8-11,13-15,18,29H,6-7,12H2,1-3H3/t15-/m1/s1. The molecule has 4 nitrogen and oxygen atoms in total. The molecule has 1 heterocycles. The van der Waals surface area contributed by atoms with Gasteiger partial charge in [0.2, 0.25) is 10.0 Å². The number of halogens is 4. The number of nitrogens with one attached hydrogen (secondary N) is 1. The van der Waals surface area contributed by atoms with E-state index in [2.05, 4.69) is 4.72 Å². The van der Waals surface area contributed by atoms with E-state index in [9.17, 15) is 26.0 Å². The highest BCUT2D eigenvalue weighted by atomic mass is 32.2. The van der Waals surface area contributed by atoms with E-state index in [-0.39, 0.29) is 16.7 Å². The number of sulfonamides is 1. The lowest BCUT2D eigenvalue weighted by Crippen LogP contribution is -2.29. The van der Waals surface area contributed by atoms with Crippen molar-refractivity contribution in [3.8, 4) is 11.1 Å². The number of alkyl halides is 3. The van der Waals surface area contributed by atoms with Crippen LogP contribution in [0.4, 0.5) is 17.6 Å². The average Bonchev–Trinajstić information content (AvgIpc) is 3.51. The lowest BCUT2D eigenvalue weighted by atomic mass is 9.97. The minimum absolute atomic E-state index is 0.105. The first-order valence-electron chi connectivity index (χ1n) is 10.9. The van der Waals surface area contributed by atoms with Gasteiger partial charge in [-0.1, -0.05) is 32.0 Å². The Labute approximate surface area is 190 Å². The van der Waals surface area contributed by atoms with Gasteiger partial charge in [0.05, 0.1) is 10.8 Å². The van der Waals surface area contributed by atoms with E-state index in [1.54, 1.807) is 25.1 Å². The molecule has 9 heteroatoms. The second kappa shape index (κ2) is 8.43. The maximum atomic E-state index is 13.6. The molecule has 1 N–H and O–H groups in total. The van der Waals surface area contributed by atoms with Gasteiger partial charge >= 0.3 is 6.18 Å². The van der Waals surface area contributed by atoms with E-state index >= 15 is 0 Å². The molecular formula is C24H26F4N2O2S. The first-order valence-corrected chi connectivity index (χ1v) is 12.4. The summed E-state index contributed by atoms with van der Waals surface area (Å²) in [6, 6.07) is 7.11. The van der Waals surface area contributed by atoms with Crippen LogP contribution < -0.4 is 4.72 Å². The van der Waals surface area contributed by atoms with Crippen LogP contribution in [0.3, 0.4) is 0 Å². The molecule has 0 radical (unpaired) electrons. The SMILES string of the molecule is CC(C)Cn1cc([C@@H](C)NS(=O)(=O)C2CC2)c2ccc(-c3ccc(F)cc3C(F)(F)F)cc21. The fraction of sp³-hybridized carbons (Fsp3) is 0.417. The molecule has 33 heavy (non-hydrogen) atoms. The van der Waals surface area contributed by atoms with Crippen LogP contribution in [0, 0.1) is 11.7 Å². The van der Waals surface area contributed by atoms with Crippen LogP contribution in [0.2, 0.25) is 0 Å². The highest BCUT2D eigenvalue weighted by Crippen LogP contribution is 2.39. The summed E-state index contributed by atoms with van der Waals surface area (Å²) in [5.41, 5.74) is 0.639. The molecule has 4 rings (SSSR count). The van der Waals surface area contributed by atoms with Gasteiger partial charge in [-0.25, -0.2) is 17.5 Å². The second-order valence-corrected chi connectivity index (χ2v) is 11.1. The van der Waals surface area contributed by atoms with E-state index in [1.165, 1.54) is 0 Å². The van der Waals surface area contributed by atoms with Crippen LogP contribution in [0.25, 0.3) is 22.0 Å². The topological polar surface area (TPSA) is 51.1 Å². The van der Waals surface area contributed by atoms with Crippen molar-refractivity contribution in [2.45, 2.75) is 57.6 Å². The largest absolute Gasteiger partial charge is 0.417 e.